The van der Waals surface area contributed by atoms with E-state index in [-0.39, 0.29) is 5.13 Å². The number of hydrogen-bond donors (Lipinski definition) is 1. The lowest BCUT2D eigenvalue weighted by molar-refractivity contribution is -0.267. The molecule has 1 heterocycles. The lowest BCUT2D eigenvalue weighted by Gasteiger charge is -2.17. The monoisotopic (exact) mass is 260 g/mol. The molecule has 1 aromatic heterocycles. The molecule has 1 amide bonds. The van der Waals surface area contributed by atoms with Crippen molar-refractivity contribution in [2.24, 2.45) is 0 Å². The molecule has 0 aliphatic carbocycles. The molecule has 0 spiro atoms. The highest BCUT2D eigenvalue weighted by molar-refractivity contribution is 7.13. The van der Waals surface area contributed by atoms with E-state index in [9.17, 15) is 26.7 Å². The van der Waals surface area contributed by atoms with Gasteiger partial charge in [-0.2, -0.15) is 22.0 Å². The zero-order valence-electron chi connectivity index (χ0n) is 7.73. The predicted molar refractivity (Wildman–Crippen MR) is 46.5 cm³/mol. The van der Waals surface area contributed by atoms with Gasteiger partial charge < -0.3 is 0 Å². The number of nitrogens with zero attached hydrogens (tertiary/aromatic N) is 1. The van der Waals surface area contributed by atoms with Crippen molar-refractivity contribution in [3.05, 3.63) is 11.1 Å². The number of anilines is 1. The van der Waals surface area contributed by atoms with E-state index in [1.54, 1.807) is 0 Å². The van der Waals surface area contributed by atoms with Crippen molar-refractivity contribution in [1.29, 1.82) is 0 Å². The summed E-state index contributed by atoms with van der Waals surface area (Å²) >= 11 is 0.761. The van der Waals surface area contributed by atoms with Crippen molar-refractivity contribution in [3.8, 4) is 0 Å². The summed E-state index contributed by atoms with van der Waals surface area (Å²) in [6, 6.07) is 0. The van der Waals surface area contributed by atoms with Gasteiger partial charge in [0.05, 0.1) is 5.69 Å². The molecule has 0 bridgehead atoms. The number of hydrogen-bond acceptors (Lipinski definition) is 3. The quantitative estimate of drug-likeness (QED) is 0.830. The van der Waals surface area contributed by atoms with E-state index in [0.29, 0.717) is 5.69 Å². The summed E-state index contributed by atoms with van der Waals surface area (Å²) in [5, 5.41) is 2.51. The minimum atomic E-state index is -5.91. The summed E-state index contributed by atoms with van der Waals surface area (Å²) in [6.07, 6.45) is -5.91. The third-order valence-corrected chi connectivity index (χ3v) is 2.36. The number of aryl methyl sites for hydroxylation is 1. The van der Waals surface area contributed by atoms with Crippen LogP contribution in [0.25, 0.3) is 0 Å². The zero-order valence-corrected chi connectivity index (χ0v) is 8.55. The van der Waals surface area contributed by atoms with Gasteiger partial charge in [-0.1, -0.05) is 0 Å². The van der Waals surface area contributed by atoms with Gasteiger partial charge in [0.15, 0.2) is 5.13 Å². The van der Waals surface area contributed by atoms with Crippen LogP contribution in [0.2, 0.25) is 0 Å². The van der Waals surface area contributed by atoms with Crippen LogP contribution < -0.4 is 5.32 Å². The molecular weight excluding hydrogens is 255 g/mol. The minimum Gasteiger partial charge on any atom is -0.296 e. The summed E-state index contributed by atoms with van der Waals surface area (Å²) in [7, 11) is 0. The highest BCUT2D eigenvalue weighted by Gasteiger charge is 2.63. The Kier molecular flexibility index (Phi) is 3.17. The molecule has 0 atom stereocenters. The van der Waals surface area contributed by atoms with Crippen LogP contribution in [0, 0.1) is 6.92 Å². The number of halogens is 5. The van der Waals surface area contributed by atoms with Crippen LogP contribution >= 0.6 is 11.3 Å². The van der Waals surface area contributed by atoms with Crippen LogP contribution in [0.15, 0.2) is 5.38 Å². The normalized spacial score (nSPS) is 12.6. The second-order valence-corrected chi connectivity index (χ2v) is 3.68. The first-order valence-electron chi connectivity index (χ1n) is 3.82. The van der Waals surface area contributed by atoms with Crippen LogP contribution in [0.4, 0.5) is 27.1 Å². The molecule has 1 rings (SSSR count). The van der Waals surface area contributed by atoms with E-state index < -0.39 is 18.0 Å². The number of nitrogens with one attached hydrogen (secondary N) is 1. The highest BCUT2D eigenvalue weighted by atomic mass is 32.1. The molecular formula is C7H5F5N2OS. The maximum atomic E-state index is 12.5. The molecule has 16 heavy (non-hydrogen) atoms. The molecule has 0 aromatic carbocycles. The van der Waals surface area contributed by atoms with E-state index in [0.717, 1.165) is 11.3 Å². The molecule has 0 saturated carbocycles. The highest BCUT2D eigenvalue weighted by Crippen LogP contribution is 2.36. The Morgan fingerprint density at radius 3 is 2.31 bits per heavy atom. The van der Waals surface area contributed by atoms with Gasteiger partial charge in [-0.25, -0.2) is 4.98 Å². The summed E-state index contributed by atoms with van der Waals surface area (Å²) in [4.78, 5) is 14.2. The largest absolute Gasteiger partial charge is 0.463 e. The van der Waals surface area contributed by atoms with Gasteiger partial charge in [0.2, 0.25) is 0 Å². The van der Waals surface area contributed by atoms with Crippen molar-refractivity contribution in [1.82, 2.24) is 4.98 Å². The lowest BCUT2D eigenvalue weighted by atomic mass is 10.3. The number of carbonyl (C=O) groups excluding carboxylic acids is 1. The first-order chi connectivity index (χ1) is 7.14. The smallest absolute Gasteiger partial charge is 0.296 e. The summed E-state index contributed by atoms with van der Waals surface area (Å²) in [5.41, 5.74) is 0.413. The summed E-state index contributed by atoms with van der Waals surface area (Å²) < 4.78 is 60.2. The van der Waals surface area contributed by atoms with Gasteiger partial charge in [-0.15, -0.1) is 11.3 Å². The van der Waals surface area contributed by atoms with Crippen LogP contribution in [-0.2, 0) is 4.79 Å². The van der Waals surface area contributed by atoms with Gasteiger partial charge in [0, 0.05) is 5.38 Å². The fourth-order valence-electron chi connectivity index (χ4n) is 0.716. The fraction of sp³-hybridized carbons (Fsp3) is 0.429. The Morgan fingerprint density at radius 1 is 1.38 bits per heavy atom. The van der Waals surface area contributed by atoms with Crippen LogP contribution in [-0.4, -0.2) is 23.0 Å². The molecule has 1 aromatic rings. The molecule has 1 N–H and O–H groups in total. The Labute approximate surface area is 90.3 Å². The fourth-order valence-corrected chi connectivity index (χ4v) is 1.40. The second kappa shape index (κ2) is 3.96. The molecule has 0 fully saturated rings. The van der Waals surface area contributed by atoms with E-state index in [1.807, 2.05) is 0 Å². The lowest BCUT2D eigenvalue weighted by Crippen LogP contribution is -2.47. The van der Waals surface area contributed by atoms with Crippen molar-refractivity contribution >= 4 is 22.4 Å². The maximum absolute atomic E-state index is 12.5. The number of rotatable bonds is 2. The molecule has 0 unspecified atom stereocenters. The number of alkyl halides is 5. The summed E-state index contributed by atoms with van der Waals surface area (Å²) in [5.74, 6) is -7.86. The van der Waals surface area contributed by atoms with E-state index >= 15 is 0 Å². The Hall–Kier alpha value is -1.25. The van der Waals surface area contributed by atoms with Crippen LogP contribution in [0.1, 0.15) is 5.69 Å². The number of amides is 1. The number of thiazole rings is 1. The molecule has 0 aliphatic heterocycles. The van der Waals surface area contributed by atoms with Crippen molar-refractivity contribution in [3.63, 3.8) is 0 Å². The Morgan fingerprint density at radius 2 is 1.94 bits per heavy atom. The van der Waals surface area contributed by atoms with Crippen LogP contribution in [0.5, 0.6) is 0 Å². The molecule has 0 aliphatic rings. The van der Waals surface area contributed by atoms with Crippen molar-refractivity contribution in [2.45, 2.75) is 19.0 Å². The maximum Gasteiger partial charge on any atom is 0.463 e. The van der Waals surface area contributed by atoms with Gasteiger partial charge >= 0.3 is 18.0 Å². The van der Waals surface area contributed by atoms with Crippen LogP contribution in [0.3, 0.4) is 0 Å². The minimum absolute atomic E-state index is 0.300. The van der Waals surface area contributed by atoms with E-state index in [4.69, 9.17) is 0 Å². The zero-order chi connectivity index (χ0) is 12.6. The molecule has 90 valence electrons. The Bertz CT molecular complexity index is 400. The predicted octanol–water partition coefficient (Wildman–Crippen LogP) is 2.59. The van der Waals surface area contributed by atoms with Gasteiger partial charge in [0.1, 0.15) is 0 Å². The standard InChI is InChI=1S/C7H5F5N2OS/c1-3-2-16-5(13-3)14-4(15)6(8,9)7(10,11)12/h2H,1H3,(H,13,14,15). The average Bonchev–Trinajstić information content (AvgIpc) is 2.49. The third-order valence-electron chi connectivity index (χ3n) is 1.48. The molecule has 9 heteroatoms. The second-order valence-electron chi connectivity index (χ2n) is 2.82. The third kappa shape index (κ3) is 2.46. The van der Waals surface area contributed by atoms with E-state index in [1.165, 1.54) is 17.6 Å². The molecule has 3 nitrogen and oxygen atoms in total. The van der Waals surface area contributed by atoms with Gasteiger partial charge in [0.25, 0.3) is 0 Å². The number of carbonyl (C=O) groups is 1. The first kappa shape index (κ1) is 12.8. The van der Waals surface area contributed by atoms with E-state index in [2.05, 4.69) is 4.98 Å². The molecule has 0 radical (unpaired) electrons. The Balaban J connectivity index is 2.80. The first-order valence-corrected chi connectivity index (χ1v) is 4.70. The van der Waals surface area contributed by atoms with Gasteiger partial charge in [-0.05, 0) is 6.92 Å². The average molecular weight is 260 g/mol. The topological polar surface area (TPSA) is 42.0 Å². The van der Waals surface area contributed by atoms with Gasteiger partial charge in [-0.3, -0.25) is 10.1 Å². The summed E-state index contributed by atoms with van der Waals surface area (Å²) in [6.45, 7) is 1.51. The van der Waals surface area contributed by atoms with Crippen molar-refractivity contribution in [2.75, 3.05) is 5.32 Å². The van der Waals surface area contributed by atoms with Crippen molar-refractivity contribution < 1.29 is 26.7 Å². The molecule has 0 saturated heterocycles. The number of aromatic nitrogens is 1. The SMILES string of the molecule is Cc1csc(NC(=O)C(F)(F)C(F)(F)F)n1.